The topological polar surface area (TPSA) is 38.0 Å². The first-order valence-electron chi connectivity index (χ1n) is 5.90. The first-order chi connectivity index (χ1) is 8.36. The predicted octanol–water partition coefficient (Wildman–Crippen LogP) is 2.63. The van der Waals surface area contributed by atoms with E-state index in [1.54, 1.807) is 6.20 Å². The number of rotatable bonds is 0. The Morgan fingerprint density at radius 3 is 3.00 bits per heavy atom. The van der Waals surface area contributed by atoms with E-state index in [1.165, 1.54) is 16.3 Å². The fraction of sp³-hybridized carbons (Fsp3) is 0.214. The molecule has 17 heavy (non-hydrogen) atoms. The van der Waals surface area contributed by atoms with Crippen LogP contribution in [0.1, 0.15) is 18.2 Å². The minimum absolute atomic E-state index is 0.421. The first kappa shape index (κ1) is 9.19. The van der Waals surface area contributed by atoms with Crippen LogP contribution in [0.15, 0.2) is 36.5 Å². The standard InChI is InChI=1S/C14H12N2O/c17-12-6-8-16-11-4-2-1-3-9(11)10-5-7-15-13(12)14(10)16/h1-5,7,12,17H,6,8H2. The average molecular weight is 224 g/mol. The number of aryl methyl sites for hydroxylation is 1. The summed E-state index contributed by atoms with van der Waals surface area (Å²) in [5.41, 5.74) is 3.17. The van der Waals surface area contributed by atoms with E-state index in [0.717, 1.165) is 24.2 Å². The van der Waals surface area contributed by atoms with Gasteiger partial charge in [-0.15, -0.1) is 0 Å². The van der Waals surface area contributed by atoms with Crippen LogP contribution in [0.25, 0.3) is 21.8 Å². The minimum Gasteiger partial charge on any atom is -0.387 e. The van der Waals surface area contributed by atoms with Crippen LogP contribution in [0, 0.1) is 0 Å². The molecular weight excluding hydrogens is 212 g/mol. The maximum atomic E-state index is 10.0. The van der Waals surface area contributed by atoms with Gasteiger partial charge < -0.3 is 9.67 Å². The highest BCUT2D eigenvalue weighted by Crippen LogP contribution is 2.36. The Morgan fingerprint density at radius 1 is 1.18 bits per heavy atom. The van der Waals surface area contributed by atoms with Crippen LogP contribution in [0.3, 0.4) is 0 Å². The monoisotopic (exact) mass is 224 g/mol. The summed E-state index contributed by atoms with van der Waals surface area (Å²) >= 11 is 0. The molecule has 1 aliphatic heterocycles. The van der Waals surface area contributed by atoms with Crippen LogP contribution >= 0.6 is 0 Å². The van der Waals surface area contributed by atoms with Crippen LogP contribution in [-0.2, 0) is 6.54 Å². The summed E-state index contributed by atoms with van der Waals surface area (Å²) in [4.78, 5) is 4.34. The first-order valence-corrected chi connectivity index (χ1v) is 5.90. The van der Waals surface area contributed by atoms with Crippen molar-refractivity contribution in [2.75, 3.05) is 0 Å². The molecule has 0 amide bonds. The normalized spacial score (nSPS) is 19.0. The summed E-state index contributed by atoms with van der Waals surface area (Å²) in [6.07, 6.45) is 2.12. The fourth-order valence-corrected chi connectivity index (χ4v) is 2.89. The molecule has 1 atom stereocenters. The number of aliphatic hydroxyl groups excluding tert-OH is 1. The lowest BCUT2D eigenvalue weighted by Gasteiger charge is -2.20. The molecule has 0 spiro atoms. The Labute approximate surface area is 98.3 Å². The number of hydrogen-bond donors (Lipinski definition) is 1. The number of benzene rings is 1. The van der Waals surface area contributed by atoms with Crippen LogP contribution in [-0.4, -0.2) is 14.7 Å². The summed E-state index contributed by atoms with van der Waals surface area (Å²) in [5.74, 6) is 0. The third kappa shape index (κ3) is 1.07. The van der Waals surface area contributed by atoms with Gasteiger partial charge >= 0.3 is 0 Å². The Hall–Kier alpha value is -1.87. The Kier molecular flexibility index (Phi) is 1.66. The number of hydrogen-bond acceptors (Lipinski definition) is 2. The maximum absolute atomic E-state index is 10.0. The van der Waals surface area contributed by atoms with Gasteiger partial charge in [-0.3, -0.25) is 4.98 Å². The molecular formula is C14H12N2O. The molecule has 0 aliphatic carbocycles. The summed E-state index contributed by atoms with van der Waals surface area (Å²) in [6.45, 7) is 0.865. The lowest BCUT2D eigenvalue weighted by Crippen LogP contribution is -2.13. The van der Waals surface area contributed by atoms with Crippen LogP contribution in [0.2, 0.25) is 0 Å². The lowest BCUT2D eigenvalue weighted by molar-refractivity contribution is 0.153. The molecule has 3 nitrogen and oxygen atoms in total. The third-order valence-electron chi connectivity index (χ3n) is 3.65. The summed E-state index contributed by atoms with van der Waals surface area (Å²) in [6, 6.07) is 10.4. The lowest BCUT2D eigenvalue weighted by atomic mass is 10.1. The molecule has 3 aromatic rings. The van der Waals surface area contributed by atoms with Gasteiger partial charge in [-0.05, 0) is 18.6 Å². The van der Waals surface area contributed by atoms with Gasteiger partial charge in [0.25, 0.3) is 0 Å². The predicted molar refractivity (Wildman–Crippen MR) is 66.8 cm³/mol. The van der Waals surface area contributed by atoms with E-state index in [1.807, 2.05) is 6.07 Å². The molecule has 0 fully saturated rings. The van der Waals surface area contributed by atoms with Crippen molar-refractivity contribution in [1.82, 2.24) is 9.55 Å². The highest BCUT2D eigenvalue weighted by atomic mass is 16.3. The zero-order valence-electron chi connectivity index (χ0n) is 9.30. The van der Waals surface area contributed by atoms with Crippen molar-refractivity contribution in [1.29, 1.82) is 0 Å². The number of aromatic nitrogens is 2. The van der Waals surface area contributed by atoms with Gasteiger partial charge in [0, 0.05) is 29.0 Å². The summed E-state index contributed by atoms with van der Waals surface area (Å²) in [5, 5.41) is 12.5. The number of para-hydroxylation sites is 1. The Balaban J connectivity index is 2.31. The van der Waals surface area contributed by atoms with Crippen molar-refractivity contribution >= 4 is 21.8 Å². The van der Waals surface area contributed by atoms with Gasteiger partial charge in [-0.25, -0.2) is 0 Å². The zero-order valence-corrected chi connectivity index (χ0v) is 9.30. The van der Waals surface area contributed by atoms with Gasteiger partial charge in [0.1, 0.15) is 0 Å². The van der Waals surface area contributed by atoms with E-state index in [2.05, 4.69) is 33.8 Å². The second-order valence-electron chi connectivity index (χ2n) is 4.57. The summed E-state index contributed by atoms with van der Waals surface area (Å²) < 4.78 is 2.28. The molecule has 0 radical (unpaired) electrons. The zero-order chi connectivity index (χ0) is 11.4. The number of fused-ring (bicyclic) bond motifs is 3. The van der Waals surface area contributed by atoms with Crippen LogP contribution in [0.4, 0.5) is 0 Å². The largest absolute Gasteiger partial charge is 0.387 e. The molecule has 3 heterocycles. The second kappa shape index (κ2) is 3.08. The van der Waals surface area contributed by atoms with Gasteiger partial charge in [0.05, 0.1) is 17.3 Å². The molecule has 1 unspecified atom stereocenters. The molecule has 1 N–H and O–H groups in total. The van der Waals surface area contributed by atoms with Crippen molar-refractivity contribution in [3.05, 3.63) is 42.2 Å². The summed E-state index contributed by atoms with van der Waals surface area (Å²) in [7, 11) is 0. The molecule has 4 rings (SSSR count). The quantitative estimate of drug-likeness (QED) is 0.637. The molecule has 1 aliphatic rings. The van der Waals surface area contributed by atoms with Crippen molar-refractivity contribution in [3.63, 3.8) is 0 Å². The van der Waals surface area contributed by atoms with Gasteiger partial charge in [0.15, 0.2) is 0 Å². The Bertz CT molecular complexity index is 729. The molecule has 0 bridgehead atoms. The Morgan fingerprint density at radius 2 is 2.06 bits per heavy atom. The van der Waals surface area contributed by atoms with E-state index in [0.29, 0.717) is 0 Å². The van der Waals surface area contributed by atoms with Gasteiger partial charge in [0.2, 0.25) is 0 Å². The molecule has 0 saturated carbocycles. The van der Waals surface area contributed by atoms with Crippen molar-refractivity contribution in [2.24, 2.45) is 0 Å². The third-order valence-corrected chi connectivity index (χ3v) is 3.65. The van der Waals surface area contributed by atoms with E-state index in [-0.39, 0.29) is 0 Å². The fourth-order valence-electron chi connectivity index (χ4n) is 2.89. The average Bonchev–Trinajstić information content (AvgIpc) is 2.70. The number of pyridine rings is 1. The molecule has 1 aromatic carbocycles. The van der Waals surface area contributed by atoms with Gasteiger partial charge in [-0.2, -0.15) is 0 Å². The molecule has 3 heteroatoms. The minimum atomic E-state index is -0.421. The van der Waals surface area contributed by atoms with E-state index >= 15 is 0 Å². The highest BCUT2D eigenvalue weighted by molar-refractivity contribution is 6.08. The van der Waals surface area contributed by atoms with E-state index in [4.69, 9.17) is 0 Å². The maximum Gasteiger partial charge on any atom is 0.0998 e. The van der Waals surface area contributed by atoms with Crippen molar-refractivity contribution in [3.8, 4) is 0 Å². The SMILES string of the molecule is OC1CCn2c3ccccc3c3ccnc1c32. The number of aliphatic hydroxyl groups is 1. The van der Waals surface area contributed by atoms with Crippen molar-refractivity contribution < 1.29 is 5.11 Å². The highest BCUT2D eigenvalue weighted by Gasteiger charge is 2.23. The van der Waals surface area contributed by atoms with E-state index < -0.39 is 6.10 Å². The van der Waals surface area contributed by atoms with Gasteiger partial charge in [-0.1, -0.05) is 18.2 Å². The van der Waals surface area contributed by atoms with Crippen molar-refractivity contribution in [2.45, 2.75) is 19.1 Å². The molecule has 84 valence electrons. The molecule has 2 aromatic heterocycles. The van der Waals surface area contributed by atoms with E-state index in [9.17, 15) is 5.11 Å². The van der Waals surface area contributed by atoms with Crippen LogP contribution < -0.4 is 0 Å². The molecule has 0 saturated heterocycles. The smallest absolute Gasteiger partial charge is 0.0998 e. The van der Waals surface area contributed by atoms with Crippen LogP contribution in [0.5, 0.6) is 0 Å². The second-order valence-corrected chi connectivity index (χ2v) is 4.57. The number of nitrogens with zero attached hydrogens (tertiary/aromatic N) is 2.